The minimum atomic E-state index is -4.37. The van der Waals surface area contributed by atoms with E-state index in [0.29, 0.717) is 30.3 Å². The van der Waals surface area contributed by atoms with E-state index < -0.39 is 11.7 Å². The van der Waals surface area contributed by atoms with E-state index in [1.807, 2.05) is 31.2 Å². The first kappa shape index (κ1) is 21.1. The van der Waals surface area contributed by atoms with Gasteiger partial charge in [0.05, 0.1) is 5.56 Å². The van der Waals surface area contributed by atoms with Crippen LogP contribution >= 0.6 is 0 Å². The number of amides is 1. The molecule has 1 aliphatic carbocycles. The van der Waals surface area contributed by atoms with Gasteiger partial charge in [0.2, 0.25) is 17.7 Å². The molecule has 0 saturated heterocycles. The minimum absolute atomic E-state index is 0.0718. The van der Waals surface area contributed by atoms with E-state index >= 15 is 0 Å². The molecule has 1 saturated carbocycles. The summed E-state index contributed by atoms with van der Waals surface area (Å²) in [5, 5.41) is 8.08. The molecule has 0 N–H and O–H groups in total. The molecule has 162 valence electrons. The van der Waals surface area contributed by atoms with Gasteiger partial charge in [-0.15, -0.1) is 10.2 Å². The molecule has 4 rings (SSSR count). The van der Waals surface area contributed by atoms with Crippen molar-refractivity contribution in [2.24, 2.45) is 0 Å². The van der Waals surface area contributed by atoms with Gasteiger partial charge in [0.15, 0.2) is 0 Å². The molecule has 1 amide bonds. The quantitative estimate of drug-likeness (QED) is 0.519. The fourth-order valence-electron chi connectivity index (χ4n) is 3.33. The molecule has 0 aliphatic heterocycles. The van der Waals surface area contributed by atoms with Crippen LogP contribution in [-0.2, 0) is 23.9 Å². The van der Waals surface area contributed by atoms with Crippen LogP contribution in [0.5, 0.6) is 0 Å². The van der Waals surface area contributed by atoms with E-state index in [1.165, 1.54) is 12.1 Å². The summed E-state index contributed by atoms with van der Waals surface area (Å²) in [5.41, 5.74) is 1.92. The zero-order valence-corrected chi connectivity index (χ0v) is 17.0. The minimum Gasteiger partial charge on any atom is -0.421 e. The Labute approximate surface area is 177 Å². The summed E-state index contributed by atoms with van der Waals surface area (Å²) >= 11 is 0. The van der Waals surface area contributed by atoms with Crippen molar-refractivity contribution in [2.75, 3.05) is 0 Å². The van der Waals surface area contributed by atoms with Gasteiger partial charge >= 0.3 is 6.18 Å². The Balaban J connectivity index is 1.37. The van der Waals surface area contributed by atoms with Gasteiger partial charge in [0, 0.05) is 31.0 Å². The highest BCUT2D eigenvalue weighted by atomic mass is 19.4. The average Bonchev–Trinajstić information content (AvgIpc) is 3.47. The highest BCUT2D eigenvalue weighted by Gasteiger charge is 2.33. The molecule has 0 radical (unpaired) electrons. The summed E-state index contributed by atoms with van der Waals surface area (Å²) in [4.78, 5) is 14.5. The van der Waals surface area contributed by atoms with E-state index in [-0.39, 0.29) is 18.4 Å². The third-order valence-corrected chi connectivity index (χ3v) is 5.26. The van der Waals surface area contributed by atoms with Crippen LogP contribution in [0.2, 0.25) is 0 Å². The molecular weight excluding hydrogens is 407 g/mol. The Morgan fingerprint density at radius 2 is 1.74 bits per heavy atom. The highest BCUT2D eigenvalue weighted by Crippen LogP contribution is 2.31. The number of hydrogen-bond acceptors (Lipinski definition) is 4. The van der Waals surface area contributed by atoms with Gasteiger partial charge in [-0.25, -0.2) is 0 Å². The lowest BCUT2D eigenvalue weighted by atomic mass is 10.1. The lowest BCUT2D eigenvalue weighted by molar-refractivity contribution is -0.137. The number of benzene rings is 2. The summed E-state index contributed by atoms with van der Waals surface area (Å²) < 4.78 is 43.9. The van der Waals surface area contributed by atoms with E-state index in [9.17, 15) is 18.0 Å². The molecule has 8 heteroatoms. The van der Waals surface area contributed by atoms with Crippen molar-refractivity contribution >= 4 is 5.91 Å². The van der Waals surface area contributed by atoms with Crippen LogP contribution in [0, 0.1) is 6.92 Å². The molecule has 0 atom stereocenters. The third-order valence-electron chi connectivity index (χ3n) is 5.26. The molecule has 1 fully saturated rings. The lowest BCUT2D eigenvalue weighted by Gasteiger charge is -2.22. The number of hydrogen-bond donors (Lipinski definition) is 0. The van der Waals surface area contributed by atoms with Gasteiger partial charge in [-0.1, -0.05) is 29.8 Å². The second kappa shape index (κ2) is 8.53. The molecule has 1 aromatic heterocycles. The number of aromatic nitrogens is 2. The first-order chi connectivity index (χ1) is 14.8. The molecule has 31 heavy (non-hydrogen) atoms. The van der Waals surface area contributed by atoms with Crippen LogP contribution in [-0.4, -0.2) is 27.0 Å². The summed E-state index contributed by atoms with van der Waals surface area (Å²) in [6.07, 6.45) is -2.04. The zero-order valence-electron chi connectivity index (χ0n) is 17.0. The molecule has 0 bridgehead atoms. The second-order valence-electron chi connectivity index (χ2n) is 7.81. The van der Waals surface area contributed by atoms with Crippen molar-refractivity contribution < 1.29 is 22.4 Å². The SMILES string of the molecule is Cc1ccc(-c2nnc(CCC(=O)N(Cc3ccc(C(F)(F)F)cc3)C3CC3)o2)cc1. The maximum atomic E-state index is 12.8. The second-order valence-corrected chi connectivity index (χ2v) is 7.81. The Morgan fingerprint density at radius 1 is 1.06 bits per heavy atom. The third kappa shape index (κ3) is 5.31. The fraction of sp³-hybridized carbons (Fsp3) is 0.348. The number of carbonyl (C=O) groups is 1. The summed E-state index contributed by atoms with van der Waals surface area (Å²) in [6.45, 7) is 2.28. The topological polar surface area (TPSA) is 59.2 Å². The van der Waals surface area contributed by atoms with Gasteiger partial charge in [0.1, 0.15) is 0 Å². The number of alkyl halides is 3. The van der Waals surface area contributed by atoms with Gasteiger partial charge in [-0.3, -0.25) is 4.79 Å². The van der Waals surface area contributed by atoms with Crippen molar-refractivity contribution in [3.8, 4) is 11.5 Å². The van der Waals surface area contributed by atoms with Crippen molar-refractivity contribution in [1.82, 2.24) is 15.1 Å². The molecule has 1 aliphatic rings. The monoisotopic (exact) mass is 429 g/mol. The molecule has 0 unspecified atom stereocenters. The molecule has 2 aromatic carbocycles. The van der Waals surface area contributed by atoms with Crippen molar-refractivity contribution in [2.45, 2.75) is 51.4 Å². The van der Waals surface area contributed by atoms with Crippen molar-refractivity contribution in [3.05, 3.63) is 71.1 Å². The van der Waals surface area contributed by atoms with Crippen molar-refractivity contribution in [3.63, 3.8) is 0 Å². The van der Waals surface area contributed by atoms with Crippen LogP contribution < -0.4 is 0 Å². The Hall–Kier alpha value is -3.16. The van der Waals surface area contributed by atoms with E-state index in [1.54, 1.807) is 4.90 Å². The fourth-order valence-corrected chi connectivity index (χ4v) is 3.33. The van der Waals surface area contributed by atoms with E-state index in [2.05, 4.69) is 10.2 Å². The van der Waals surface area contributed by atoms with Gasteiger partial charge in [0.25, 0.3) is 0 Å². The standard InChI is InChI=1S/C23H22F3N3O2/c1-15-2-6-17(7-3-15)22-28-27-20(31-22)12-13-21(30)29(19-10-11-19)14-16-4-8-18(9-5-16)23(24,25)26/h2-9,19H,10-14H2,1H3. The first-order valence-corrected chi connectivity index (χ1v) is 10.1. The van der Waals surface area contributed by atoms with E-state index in [4.69, 9.17) is 4.42 Å². The highest BCUT2D eigenvalue weighted by molar-refractivity contribution is 5.77. The summed E-state index contributed by atoms with van der Waals surface area (Å²) in [6, 6.07) is 12.8. The zero-order chi connectivity index (χ0) is 22.0. The van der Waals surface area contributed by atoms with Crippen LogP contribution in [0.4, 0.5) is 13.2 Å². The maximum absolute atomic E-state index is 12.8. The number of carbonyl (C=O) groups excluding carboxylic acids is 1. The predicted molar refractivity (Wildman–Crippen MR) is 108 cm³/mol. The Morgan fingerprint density at radius 3 is 2.35 bits per heavy atom. The number of rotatable bonds is 7. The van der Waals surface area contributed by atoms with Gasteiger partial charge < -0.3 is 9.32 Å². The van der Waals surface area contributed by atoms with Crippen molar-refractivity contribution in [1.29, 1.82) is 0 Å². The predicted octanol–water partition coefficient (Wildman–Crippen LogP) is 5.19. The molecule has 1 heterocycles. The Kier molecular flexibility index (Phi) is 5.80. The Bertz CT molecular complexity index is 1040. The number of nitrogens with zero attached hydrogens (tertiary/aromatic N) is 3. The smallest absolute Gasteiger partial charge is 0.416 e. The summed E-state index contributed by atoms with van der Waals surface area (Å²) in [5.74, 6) is 0.720. The summed E-state index contributed by atoms with van der Waals surface area (Å²) in [7, 11) is 0. The lowest BCUT2D eigenvalue weighted by Crippen LogP contribution is -2.32. The van der Waals surface area contributed by atoms with E-state index in [0.717, 1.165) is 36.1 Å². The molecule has 5 nitrogen and oxygen atoms in total. The molecular formula is C23H22F3N3O2. The van der Waals surface area contributed by atoms with Crippen LogP contribution in [0.25, 0.3) is 11.5 Å². The van der Waals surface area contributed by atoms with Crippen LogP contribution in [0.15, 0.2) is 52.9 Å². The average molecular weight is 429 g/mol. The molecule has 3 aromatic rings. The van der Waals surface area contributed by atoms with Gasteiger partial charge in [-0.05, 0) is 49.6 Å². The number of halogens is 3. The first-order valence-electron chi connectivity index (χ1n) is 10.1. The largest absolute Gasteiger partial charge is 0.421 e. The van der Waals surface area contributed by atoms with Gasteiger partial charge in [-0.2, -0.15) is 13.2 Å². The number of aryl methyl sites for hydroxylation is 2. The maximum Gasteiger partial charge on any atom is 0.416 e. The molecule has 0 spiro atoms. The van der Waals surface area contributed by atoms with Crippen LogP contribution in [0.1, 0.15) is 41.8 Å². The van der Waals surface area contributed by atoms with Crippen LogP contribution in [0.3, 0.4) is 0 Å². The normalized spacial score (nSPS) is 13.9.